The highest BCUT2D eigenvalue weighted by Crippen LogP contribution is 2.33. The van der Waals surface area contributed by atoms with Crippen LogP contribution >= 0.6 is 35.1 Å². The van der Waals surface area contributed by atoms with Gasteiger partial charge in [-0.1, -0.05) is 50.2 Å². The zero-order valence-corrected chi connectivity index (χ0v) is 44.4. The Hall–Kier alpha value is -4.86. The second kappa shape index (κ2) is 33.9. The first-order chi connectivity index (χ1) is 33.9. The number of carbonyl (C=O) groups is 5. The standard InChI is InChI=1S/C21H28N2O2S.C19H25NOS.C8H14O4.2C2HF3O.ClH/c1-2-11-23(12-10-18-6-4-13-26-18)17-8-9-19-16(14-17)5-3-7-20(19)25-21(24)15-22;1-2-11-20(12-10-17-6-4-13-22-17)16-8-9-18-15(14-16)5-3-7-19(18)21;1-8(2,3)12-7(11)5-4-6(9)10;2*3-2(4,5)1-6;/h3-7,13,17H,2,8-12,14-15,22H2,1H3;3-7,13,16,21H,2,8-12,14H2,1H3;4-5H2,1-3H3,(H,9,10);2*1H;1H/t17-;16-;;;;/m00..../s1. The Kier molecular flexibility index (Phi) is 30.7. The van der Waals surface area contributed by atoms with Crippen LogP contribution in [0.4, 0.5) is 26.3 Å². The van der Waals surface area contributed by atoms with E-state index >= 15 is 0 Å². The molecule has 0 bridgehead atoms. The first kappa shape index (κ1) is 66.2. The van der Waals surface area contributed by atoms with Crippen LogP contribution in [0.2, 0.25) is 0 Å². The average molecular weight is 1090 g/mol. The van der Waals surface area contributed by atoms with Crippen molar-refractivity contribution in [3.05, 3.63) is 103 Å². The molecule has 4 N–H and O–H groups in total. The Morgan fingerprint density at radius 2 is 1.15 bits per heavy atom. The lowest BCUT2D eigenvalue weighted by Crippen LogP contribution is -2.41. The minimum atomic E-state index is -4.64. The number of phenols is 1. The fraction of sp³-hybridized carbons (Fsp3) is 0.519. The normalized spacial score (nSPS) is 14.8. The highest BCUT2D eigenvalue weighted by atomic mass is 35.5. The number of hydrogen-bond acceptors (Lipinski definition) is 13. The van der Waals surface area contributed by atoms with E-state index in [4.69, 9.17) is 29.9 Å². The van der Waals surface area contributed by atoms with E-state index in [-0.39, 0.29) is 37.8 Å². The van der Waals surface area contributed by atoms with Gasteiger partial charge in [0.25, 0.3) is 0 Å². The molecule has 0 amide bonds. The molecule has 4 aromatic rings. The number of aldehydes is 2. The number of aromatic hydroxyl groups is 1. The van der Waals surface area contributed by atoms with Gasteiger partial charge in [0.05, 0.1) is 19.4 Å². The van der Waals surface area contributed by atoms with Gasteiger partial charge in [-0.25, -0.2) is 0 Å². The number of halogens is 7. The Morgan fingerprint density at radius 3 is 1.55 bits per heavy atom. The Balaban J connectivity index is 0.000000510. The molecule has 73 heavy (non-hydrogen) atoms. The van der Waals surface area contributed by atoms with Crippen molar-refractivity contribution in [2.75, 3.05) is 32.7 Å². The van der Waals surface area contributed by atoms with Crippen molar-refractivity contribution in [2.24, 2.45) is 5.73 Å². The van der Waals surface area contributed by atoms with Crippen molar-refractivity contribution >= 4 is 65.6 Å². The summed E-state index contributed by atoms with van der Waals surface area (Å²) in [6.07, 6.45) is -0.668. The number of carboxylic acid groups (broad SMARTS) is 1. The summed E-state index contributed by atoms with van der Waals surface area (Å²) in [5.41, 5.74) is 9.85. The fourth-order valence-corrected chi connectivity index (χ4v) is 9.35. The van der Waals surface area contributed by atoms with Crippen LogP contribution in [0.15, 0.2) is 71.4 Å². The summed E-state index contributed by atoms with van der Waals surface area (Å²) in [5.74, 6) is -0.650. The van der Waals surface area contributed by atoms with E-state index < -0.39 is 42.5 Å². The highest BCUT2D eigenvalue weighted by Gasteiger charge is 2.28. The molecule has 408 valence electrons. The van der Waals surface area contributed by atoms with Gasteiger partial charge in [-0.2, -0.15) is 26.3 Å². The third-order valence-electron chi connectivity index (χ3n) is 11.0. The van der Waals surface area contributed by atoms with Gasteiger partial charge < -0.3 is 25.4 Å². The van der Waals surface area contributed by atoms with Crippen LogP contribution in [0, 0.1) is 0 Å². The summed E-state index contributed by atoms with van der Waals surface area (Å²) < 4.78 is 72.8. The number of thiophene rings is 2. The Morgan fingerprint density at radius 1 is 0.699 bits per heavy atom. The number of hydrogen-bond donors (Lipinski definition) is 3. The van der Waals surface area contributed by atoms with E-state index in [1.165, 1.54) is 51.4 Å². The van der Waals surface area contributed by atoms with E-state index in [0.29, 0.717) is 23.6 Å². The third-order valence-corrected chi connectivity index (χ3v) is 12.8. The van der Waals surface area contributed by atoms with Gasteiger partial charge in [0.2, 0.25) is 12.6 Å². The van der Waals surface area contributed by atoms with Crippen molar-refractivity contribution in [3.8, 4) is 11.5 Å². The number of ether oxygens (including phenoxy) is 2. The molecule has 0 radical (unpaired) electrons. The number of aliphatic carboxylic acids is 1. The number of benzene rings is 2. The zero-order chi connectivity index (χ0) is 53.9. The first-order valence-corrected chi connectivity index (χ1v) is 25.5. The predicted molar refractivity (Wildman–Crippen MR) is 275 cm³/mol. The number of carboxylic acids is 1. The second-order valence-corrected chi connectivity index (χ2v) is 19.9. The van der Waals surface area contributed by atoms with Crippen LogP contribution in [-0.2, 0) is 67.2 Å². The van der Waals surface area contributed by atoms with Crippen LogP contribution in [0.25, 0.3) is 0 Å². The molecular weight excluding hydrogens is 1020 g/mol. The van der Waals surface area contributed by atoms with Gasteiger partial charge in [0, 0.05) is 34.9 Å². The van der Waals surface area contributed by atoms with Gasteiger partial charge >= 0.3 is 30.3 Å². The molecule has 0 saturated heterocycles. The fourth-order valence-electron chi connectivity index (χ4n) is 7.95. The molecule has 0 spiro atoms. The summed E-state index contributed by atoms with van der Waals surface area (Å²) in [4.78, 5) is 58.1. The average Bonchev–Trinajstić information content (AvgIpc) is 4.06. The van der Waals surface area contributed by atoms with Crippen LogP contribution < -0.4 is 10.5 Å². The van der Waals surface area contributed by atoms with E-state index in [9.17, 15) is 45.8 Å². The zero-order valence-electron chi connectivity index (χ0n) is 42.0. The number of fused-ring (bicyclic) bond motifs is 2. The van der Waals surface area contributed by atoms with Crippen molar-refractivity contribution in [1.82, 2.24) is 9.80 Å². The minimum absolute atomic E-state index is 0. The lowest BCUT2D eigenvalue weighted by atomic mass is 9.86. The number of alkyl halides is 6. The lowest BCUT2D eigenvalue weighted by Gasteiger charge is -2.35. The molecule has 2 heterocycles. The maximum absolute atomic E-state index is 11.6. The third kappa shape index (κ3) is 27.9. The monoisotopic (exact) mass is 1090 g/mol. The maximum Gasteiger partial charge on any atom is 0.446 e. The van der Waals surface area contributed by atoms with E-state index in [2.05, 4.69) is 70.8 Å². The summed E-state index contributed by atoms with van der Waals surface area (Å²) in [6, 6.07) is 21.9. The number of nitrogens with two attached hydrogens (primary N) is 1. The highest BCUT2D eigenvalue weighted by molar-refractivity contribution is 7.10. The van der Waals surface area contributed by atoms with Crippen molar-refractivity contribution < 1.29 is 70.0 Å². The van der Waals surface area contributed by atoms with Gasteiger partial charge in [0.15, 0.2) is 0 Å². The summed E-state index contributed by atoms with van der Waals surface area (Å²) in [5, 5.41) is 22.6. The topological polar surface area (TPSA) is 177 Å². The molecule has 2 aliphatic rings. The number of carbonyl (C=O) groups excluding carboxylic acids is 4. The largest absolute Gasteiger partial charge is 0.508 e. The van der Waals surface area contributed by atoms with Gasteiger partial charge in [-0.3, -0.25) is 33.8 Å². The Bertz CT molecular complexity index is 2210. The van der Waals surface area contributed by atoms with Crippen LogP contribution in [0.5, 0.6) is 11.5 Å². The second-order valence-electron chi connectivity index (χ2n) is 17.8. The summed E-state index contributed by atoms with van der Waals surface area (Å²) in [7, 11) is 0. The molecule has 6 rings (SSSR count). The number of rotatable bonds is 17. The quantitative estimate of drug-likeness (QED) is 0.0395. The summed E-state index contributed by atoms with van der Waals surface area (Å²) >= 11 is 3.70. The van der Waals surface area contributed by atoms with E-state index in [1.807, 2.05) is 46.9 Å². The van der Waals surface area contributed by atoms with Crippen LogP contribution in [0.3, 0.4) is 0 Å². The lowest BCUT2D eigenvalue weighted by molar-refractivity contribution is -0.157. The minimum Gasteiger partial charge on any atom is -0.508 e. The molecule has 0 fully saturated rings. The van der Waals surface area contributed by atoms with E-state index in [1.54, 1.807) is 20.8 Å². The van der Waals surface area contributed by atoms with Crippen molar-refractivity contribution in [3.63, 3.8) is 0 Å². The SMILES string of the molecule is CC(C)(C)OC(=O)CCC(=O)O.CCCN(CCc1cccs1)[C@H]1CCc2c(O)cccc2C1.CCCN(CCc1cccs1)[C@H]1CCc2c(cccc2OC(=O)CN)C1.Cl.O=CC(F)(F)F.O=CC(F)(F)F. The van der Waals surface area contributed by atoms with Gasteiger partial charge in [-0.15, -0.1) is 35.1 Å². The van der Waals surface area contributed by atoms with Gasteiger partial charge in [-0.05, 0) is 155 Å². The molecule has 2 aromatic heterocycles. The molecule has 2 atom stereocenters. The van der Waals surface area contributed by atoms with Crippen molar-refractivity contribution in [2.45, 2.75) is 142 Å². The molecule has 0 unspecified atom stereocenters. The first-order valence-electron chi connectivity index (χ1n) is 23.8. The molecule has 12 nitrogen and oxygen atoms in total. The molecule has 0 saturated carbocycles. The predicted octanol–water partition coefficient (Wildman–Crippen LogP) is 10.8. The summed E-state index contributed by atoms with van der Waals surface area (Å²) in [6.45, 7) is 14.2. The number of phenolic OH excluding ortho intramolecular Hbond substituents is 1. The maximum atomic E-state index is 11.6. The molecule has 0 aliphatic heterocycles. The molecule has 2 aliphatic carbocycles. The number of esters is 2. The molecule has 21 heteroatoms. The van der Waals surface area contributed by atoms with Crippen LogP contribution in [-0.4, -0.2) is 113 Å². The van der Waals surface area contributed by atoms with E-state index in [0.717, 1.165) is 71.0 Å². The smallest absolute Gasteiger partial charge is 0.446 e. The number of nitrogens with zero attached hydrogens (tertiary/aromatic N) is 2. The van der Waals surface area contributed by atoms with Gasteiger partial charge in [0.1, 0.15) is 17.1 Å². The molecule has 2 aromatic carbocycles. The Labute approximate surface area is 438 Å². The van der Waals surface area contributed by atoms with Crippen LogP contribution in [0.1, 0.15) is 105 Å². The molecular formula is C52H70ClF6N3O9S2. The van der Waals surface area contributed by atoms with Crippen molar-refractivity contribution in [1.29, 1.82) is 0 Å².